The Labute approximate surface area is 208 Å². The molecule has 0 aliphatic heterocycles. The van der Waals surface area contributed by atoms with Gasteiger partial charge >= 0.3 is 5.97 Å². The maximum atomic E-state index is 12.3. The average Bonchev–Trinajstić information content (AvgIpc) is 2.87. The van der Waals surface area contributed by atoms with Crippen molar-refractivity contribution in [1.82, 2.24) is 9.97 Å². The first-order valence-corrected chi connectivity index (χ1v) is 13.8. The number of unbranched alkanes of at least 4 members (excludes halogenated alkanes) is 13. The van der Waals surface area contributed by atoms with E-state index in [9.17, 15) is 4.79 Å². The van der Waals surface area contributed by atoms with Gasteiger partial charge in [-0.25, -0.2) is 14.8 Å². The van der Waals surface area contributed by atoms with E-state index >= 15 is 0 Å². The Morgan fingerprint density at radius 1 is 0.676 bits per heavy atom. The summed E-state index contributed by atoms with van der Waals surface area (Å²) in [7, 11) is 0. The first-order valence-electron chi connectivity index (χ1n) is 13.8. The monoisotopic (exact) mass is 466 g/mol. The number of ether oxygens (including phenoxy) is 1. The van der Waals surface area contributed by atoms with E-state index in [0.29, 0.717) is 18.0 Å². The van der Waals surface area contributed by atoms with Gasteiger partial charge in [-0.05, 0) is 37.0 Å². The smallest absolute Gasteiger partial charge is 0.338 e. The highest BCUT2D eigenvalue weighted by Crippen LogP contribution is 2.17. The normalized spacial score (nSPS) is 11.0. The fourth-order valence-electron chi connectivity index (χ4n) is 4.16. The first-order chi connectivity index (χ1) is 16.7. The van der Waals surface area contributed by atoms with Crippen LogP contribution in [0.15, 0.2) is 36.7 Å². The summed E-state index contributed by atoms with van der Waals surface area (Å²) in [5.41, 5.74) is 2.69. The number of nitrogens with zero attached hydrogens (tertiary/aromatic N) is 2. The molecule has 2 aromatic rings. The second kappa shape index (κ2) is 18.1. The summed E-state index contributed by atoms with van der Waals surface area (Å²) in [6.07, 6.45) is 24.0. The Kier molecular flexibility index (Phi) is 14.9. The molecule has 0 N–H and O–H groups in total. The van der Waals surface area contributed by atoms with E-state index in [1.807, 2.05) is 24.5 Å². The van der Waals surface area contributed by atoms with Crippen LogP contribution in [0.4, 0.5) is 0 Å². The van der Waals surface area contributed by atoms with Gasteiger partial charge in [-0.3, -0.25) is 0 Å². The SMILES string of the molecule is CCCCCCCCCCOC(=O)c1ccc(-c2ncc(CCCCCCCCC)cn2)cc1. The van der Waals surface area contributed by atoms with Crippen molar-refractivity contribution >= 4 is 5.97 Å². The summed E-state index contributed by atoms with van der Waals surface area (Å²) in [5, 5.41) is 0. The van der Waals surface area contributed by atoms with Crippen LogP contribution in [-0.2, 0) is 11.2 Å². The molecule has 0 saturated heterocycles. The molecule has 0 spiro atoms. The summed E-state index contributed by atoms with van der Waals surface area (Å²) < 4.78 is 5.44. The van der Waals surface area contributed by atoms with Crippen LogP contribution >= 0.6 is 0 Å². The molecule has 0 bridgehead atoms. The summed E-state index contributed by atoms with van der Waals surface area (Å²) in [6, 6.07) is 7.42. The highest BCUT2D eigenvalue weighted by atomic mass is 16.5. The van der Waals surface area contributed by atoms with E-state index in [4.69, 9.17) is 4.74 Å². The van der Waals surface area contributed by atoms with Crippen LogP contribution in [0.25, 0.3) is 11.4 Å². The number of aryl methyl sites for hydroxylation is 1. The lowest BCUT2D eigenvalue weighted by Gasteiger charge is -2.06. The van der Waals surface area contributed by atoms with Gasteiger partial charge in [0.15, 0.2) is 5.82 Å². The third kappa shape index (κ3) is 11.8. The fraction of sp³-hybridized carbons (Fsp3) is 0.633. The molecule has 1 heterocycles. The van der Waals surface area contributed by atoms with Gasteiger partial charge in [-0.1, -0.05) is 109 Å². The molecular formula is C30H46N2O2. The summed E-state index contributed by atoms with van der Waals surface area (Å²) in [5.74, 6) is 0.447. The van der Waals surface area contributed by atoms with E-state index in [1.165, 1.54) is 89.0 Å². The number of esters is 1. The minimum Gasteiger partial charge on any atom is -0.462 e. The van der Waals surface area contributed by atoms with Crippen molar-refractivity contribution in [1.29, 1.82) is 0 Å². The lowest BCUT2D eigenvalue weighted by Crippen LogP contribution is -2.06. The zero-order valence-corrected chi connectivity index (χ0v) is 21.7. The predicted molar refractivity (Wildman–Crippen MR) is 142 cm³/mol. The molecule has 2 rings (SSSR count). The molecule has 4 nitrogen and oxygen atoms in total. The number of benzene rings is 1. The van der Waals surface area contributed by atoms with Crippen LogP contribution in [0.1, 0.15) is 126 Å². The zero-order valence-electron chi connectivity index (χ0n) is 21.7. The highest BCUT2D eigenvalue weighted by molar-refractivity contribution is 5.89. The van der Waals surface area contributed by atoms with Crippen molar-refractivity contribution < 1.29 is 9.53 Å². The van der Waals surface area contributed by atoms with Crippen molar-refractivity contribution in [2.24, 2.45) is 0 Å². The van der Waals surface area contributed by atoms with Gasteiger partial charge in [0.05, 0.1) is 12.2 Å². The number of carbonyl (C=O) groups excluding carboxylic acids is 1. The van der Waals surface area contributed by atoms with E-state index in [2.05, 4.69) is 23.8 Å². The van der Waals surface area contributed by atoms with Crippen molar-refractivity contribution in [3.63, 3.8) is 0 Å². The Bertz CT molecular complexity index is 771. The summed E-state index contributed by atoms with van der Waals surface area (Å²) in [6.45, 7) is 5.00. The Hall–Kier alpha value is -2.23. The second-order valence-corrected chi connectivity index (χ2v) is 9.47. The van der Waals surface area contributed by atoms with E-state index in [1.54, 1.807) is 12.1 Å². The molecule has 0 aliphatic rings. The quantitative estimate of drug-likeness (QED) is 0.153. The number of hydrogen-bond acceptors (Lipinski definition) is 4. The van der Waals surface area contributed by atoms with Gasteiger partial charge in [-0.15, -0.1) is 0 Å². The van der Waals surface area contributed by atoms with Crippen LogP contribution in [-0.4, -0.2) is 22.5 Å². The van der Waals surface area contributed by atoms with Gasteiger partial charge in [0.2, 0.25) is 0 Å². The maximum absolute atomic E-state index is 12.3. The summed E-state index contributed by atoms with van der Waals surface area (Å²) >= 11 is 0. The van der Waals surface area contributed by atoms with Gasteiger partial charge < -0.3 is 4.74 Å². The Morgan fingerprint density at radius 3 is 1.74 bits per heavy atom. The molecule has 0 aliphatic carbocycles. The van der Waals surface area contributed by atoms with Crippen LogP contribution in [0.2, 0.25) is 0 Å². The lowest BCUT2D eigenvalue weighted by molar-refractivity contribution is 0.0497. The van der Waals surface area contributed by atoms with E-state index < -0.39 is 0 Å². The maximum Gasteiger partial charge on any atom is 0.338 e. The molecule has 0 saturated carbocycles. The molecule has 4 heteroatoms. The third-order valence-corrected chi connectivity index (χ3v) is 6.38. The molecule has 1 aromatic heterocycles. The van der Waals surface area contributed by atoms with Crippen LogP contribution in [0.5, 0.6) is 0 Å². The number of hydrogen-bond donors (Lipinski definition) is 0. The number of rotatable bonds is 19. The molecule has 34 heavy (non-hydrogen) atoms. The number of aromatic nitrogens is 2. The average molecular weight is 467 g/mol. The van der Waals surface area contributed by atoms with Crippen LogP contribution < -0.4 is 0 Å². The fourth-order valence-corrected chi connectivity index (χ4v) is 4.16. The van der Waals surface area contributed by atoms with Crippen molar-refractivity contribution in [3.05, 3.63) is 47.8 Å². The van der Waals surface area contributed by atoms with Gasteiger partial charge in [0, 0.05) is 18.0 Å². The minimum atomic E-state index is -0.250. The largest absolute Gasteiger partial charge is 0.462 e. The Morgan fingerprint density at radius 2 is 1.18 bits per heavy atom. The number of carbonyl (C=O) groups is 1. The second-order valence-electron chi connectivity index (χ2n) is 9.47. The predicted octanol–water partition coefficient (Wildman–Crippen LogP) is 8.73. The summed E-state index contributed by atoms with van der Waals surface area (Å²) in [4.78, 5) is 21.4. The molecule has 188 valence electrons. The van der Waals surface area contributed by atoms with Gasteiger partial charge in [0.25, 0.3) is 0 Å². The van der Waals surface area contributed by atoms with Gasteiger partial charge in [-0.2, -0.15) is 0 Å². The first kappa shape index (κ1) is 28.0. The molecule has 0 unspecified atom stereocenters. The minimum absolute atomic E-state index is 0.250. The lowest BCUT2D eigenvalue weighted by atomic mass is 10.1. The van der Waals surface area contributed by atoms with Crippen LogP contribution in [0.3, 0.4) is 0 Å². The van der Waals surface area contributed by atoms with Crippen molar-refractivity contribution in [3.8, 4) is 11.4 Å². The highest BCUT2D eigenvalue weighted by Gasteiger charge is 2.08. The van der Waals surface area contributed by atoms with E-state index in [-0.39, 0.29) is 5.97 Å². The van der Waals surface area contributed by atoms with Crippen molar-refractivity contribution in [2.45, 2.75) is 117 Å². The van der Waals surface area contributed by atoms with Gasteiger partial charge in [0.1, 0.15) is 0 Å². The molecule has 1 aromatic carbocycles. The molecular weight excluding hydrogens is 420 g/mol. The van der Waals surface area contributed by atoms with Crippen molar-refractivity contribution in [2.75, 3.05) is 6.61 Å². The molecule has 0 amide bonds. The molecule has 0 fully saturated rings. The molecule has 0 atom stereocenters. The third-order valence-electron chi connectivity index (χ3n) is 6.38. The standard InChI is InChI=1S/C30H46N2O2/c1-3-5-7-9-11-13-15-17-23-34-30(33)28-21-19-27(20-22-28)29-31-24-26(25-32-29)18-16-14-12-10-8-6-4-2/h19-22,24-25H,3-18,23H2,1-2H3. The van der Waals surface area contributed by atoms with E-state index in [0.717, 1.165) is 24.8 Å². The van der Waals surface area contributed by atoms with Crippen LogP contribution in [0, 0.1) is 0 Å². The zero-order chi connectivity index (χ0) is 24.3. The topological polar surface area (TPSA) is 52.1 Å². The molecule has 0 radical (unpaired) electrons. The Balaban J connectivity index is 1.65.